The van der Waals surface area contributed by atoms with Gasteiger partial charge in [0.2, 0.25) is 0 Å². The zero-order chi connectivity index (χ0) is 11.7. The molecule has 0 fully saturated rings. The summed E-state index contributed by atoms with van der Waals surface area (Å²) in [6, 6.07) is 6.18. The lowest BCUT2D eigenvalue weighted by Gasteiger charge is -2.10. The number of anilines is 1. The average molecular weight is 344 g/mol. The largest absolute Gasteiger partial charge is 0.370 e. The van der Waals surface area contributed by atoms with E-state index in [0.29, 0.717) is 0 Å². The van der Waals surface area contributed by atoms with Gasteiger partial charge in [-0.25, -0.2) is 4.98 Å². The number of hydrogen-bond donors (Lipinski definition) is 1. The van der Waals surface area contributed by atoms with E-state index in [1.165, 1.54) is 0 Å². The van der Waals surface area contributed by atoms with Gasteiger partial charge in [-0.3, -0.25) is 0 Å². The third-order valence-electron chi connectivity index (χ3n) is 2.42. The van der Waals surface area contributed by atoms with Crippen molar-refractivity contribution in [2.75, 3.05) is 11.9 Å². The van der Waals surface area contributed by atoms with E-state index in [1.807, 2.05) is 12.1 Å². The van der Waals surface area contributed by atoms with Crippen LogP contribution in [0, 0.1) is 6.92 Å². The van der Waals surface area contributed by atoms with Crippen molar-refractivity contribution < 1.29 is 0 Å². The van der Waals surface area contributed by atoms with Gasteiger partial charge in [-0.05, 0) is 53.5 Å². The zero-order valence-corrected chi connectivity index (χ0v) is 12.3. The molecule has 2 aromatic rings. The van der Waals surface area contributed by atoms with Gasteiger partial charge in [-0.2, -0.15) is 0 Å². The number of hydrogen-bond acceptors (Lipinski definition) is 2. The highest BCUT2D eigenvalue weighted by atomic mass is 79.9. The lowest BCUT2D eigenvalue weighted by atomic mass is 10.1. The van der Waals surface area contributed by atoms with Crippen LogP contribution in [0.2, 0.25) is 0 Å². The fourth-order valence-corrected chi connectivity index (χ4v) is 2.51. The molecule has 2 nitrogen and oxygen atoms in total. The van der Waals surface area contributed by atoms with Crippen LogP contribution in [-0.4, -0.2) is 11.5 Å². The molecule has 16 heavy (non-hydrogen) atoms. The number of nitrogens with one attached hydrogen (secondary N) is 1. The Labute approximate surface area is 112 Å². The molecule has 0 saturated heterocycles. The summed E-state index contributed by atoms with van der Waals surface area (Å²) in [4.78, 5) is 4.64. The van der Waals surface area contributed by atoms with Gasteiger partial charge in [0.15, 0.2) is 0 Å². The van der Waals surface area contributed by atoms with Crippen LogP contribution in [0.4, 0.5) is 5.82 Å². The van der Waals surface area contributed by atoms with Crippen molar-refractivity contribution in [1.29, 1.82) is 0 Å². The van der Waals surface area contributed by atoms with E-state index < -0.39 is 0 Å². The first kappa shape index (κ1) is 11.9. The molecule has 0 aliphatic heterocycles. The smallest absolute Gasteiger partial charge is 0.129 e. The number of benzene rings is 1. The van der Waals surface area contributed by atoms with Crippen LogP contribution in [0.25, 0.3) is 10.9 Å². The number of aryl methyl sites for hydroxylation is 1. The monoisotopic (exact) mass is 342 g/mol. The summed E-state index contributed by atoms with van der Waals surface area (Å²) in [6.07, 6.45) is 0. The van der Waals surface area contributed by atoms with Crippen molar-refractivity contribution in [2.24, 2.45) is 0 Å². The molecule has 4 heteroatoms. The highest BCUT2D eigenvalue weighted by Crippen LogP contribution is 2.31. The van der Waals surface area contributed by atoms with Crippen LogP contribution in [0.3, 0.4) is 0 Å². The van der Waals surface area contributed by atoms with E-state index in [1.54, 1.807) is 0 Å². The third-order valence-corrected chi connectivity index (χ3v) is 3.75. The maximum atomic E-state index is 4.64. The molecule has 0 aliphatic carbocycles. The summed E-state index contributed by atoms with van der Waals surface area (Å²) in [5.74, 6) is 0.953. The topological polar surface area (TPSA) is 24.9 Å². The van der Waals surface area contributed by atoms with Gasteiger partial charge in [0.1, 0.15) is 5.82 Å². The van der Waals surface area contributed by atoms with Gasteiger partial charge in [-0.1, -0.05) is 15.9 Å². The van der Waals surface area contributed by atoms with Gasteiger partial charge in [0, 0.05) is 20.9 Å². The lowest BCUT2D eigenvalue weighted by molar-refractivity contribution is 1.15. The van der Waals surface area contributed by atoms with Crippen molar-refractivity contribution in [3.63, 3.8) is 0 Å². The zero-order valence-electron chi connectivity index (χ0n) is 9.14. The molecule has 0 atom stereocenters. The molecule has 0 unspecified atom stereocenters. The Kier molecular flexibility index (Phi) is 3.50. The quantitative estimate of drug-likeness (QED) is 0.868. The number of fused-ring (bicyclic) bond motifs is 1. The molecule has 1 aromatic carbocycles. The Balaban J connectivity index is 2.73. The van der Waals surface area contributed by atoms with E-state index in [4.69, 9.17) is 0 Å². The molecule has 1 aromatic heterocycles. The van der Waals surface area contributed by atoms with Crippen LogP contribution in [0.15, 0.2) is 27.1 Å². The lowest BCUT2D eigenvalue weighted by Crippen LogP contribution is -2.02. The van der Waals surface area contributed by atoms with Crippen LogP contribution < -0.4 is 5.32 Å². The van der Waals surface area contributed by atoms with E-state index in [-0.39, 0.29) is 0 Å². The standard InChI is InChI=1S/C12H12Br2N2/c1-3-15-12-7(2)6-8-9(13)4-5-10(14)11(8)16-12/h4-6H,3H2,1-2H3,(H,15,16). The number of pyridine rings is 1. The van der Waals surface area contributed by atoms with Gasteiger partial charge < -0.3 is 5.32 Å². The number of rotatable bonds is 2. The highest BCUT2D eigenvalue weighted by Gasteiger charge is 2.07. The molecular weight excluding hydrogens is 332 g/mol. The van der Waals surface area contributed by atoms with Crippen LogP contribution in [-0.2, 0) is 0 Å². The van der Waals surface area contributed by atoms with Crippen molar-refractivity contribution in [3.05, 3.63) is 32.7 Å². The highest BCUT2D eigenvalue weighted by molar-refractivity contribution is 9.11. The van der Waals surface area contributed by atoms with Gasteiger partial charge in [0.25, 0.3) is 0 Å². The Morgan fingerprint density at radius 1 is 1.25 bits per heavy atom. The average Bonchev–Trinajstić information content (AvgIpc) is 2.26. The Morgan fingerprint density at radius 3 is 2.62 bits per heavy atom. The molecule has 1 N–H and O–H groups in total. The Hall–Kier alpha value is -0.610. The second-order valence-electron chi connectivity index (χ2n) is 3.61. The molecule has 0 saturated carbocycles. The molecular formula is C12H12Br2N2. The predicted octanol–water partition coefficient (Wildman–Crippen LogP) is 4.50. The van der Waals surface area contributed by atoms with Crippen molar-refractivity contribution in [3.8, 4) is 0 Å². The first-order valence-electron chi connectivity index (χ1n) is 5.12. The Bertz CT molecular complexity index is 538. The molecule has 0 aliphatic rings. The van der Waals surface area contributed by atoms with Gasteiger partial charge >= 0.3 is 0 Å². The summed E-state index contributed by atoms with van der Waals surface area (Å²) in [7, 11) is 0. The fourth-order valence-electron chi connectivity index (χ4n) is 1.64. The van der Waals surface area contributed by atoms with Crippen molar-refractivity contribution in [2.45, 2.75) is 13.8 Å². The fraction of sp³-hybridized carbons (Fsp3) is 0.250. The maximum absolute atomic E-state index is 4.64. The molecule has 84 valence electrons. The minimum Gasteiger partial charge on any atom is -0.370 e. The third kappa shape index (κ3) is 2.09. The van der Waals surface area contributed by atoms with E-state index in [2.05, 4.69) is 62.1 Å². The summed E-state index contributed by atoms with van der Waals surface area (Å²) in [6.45, 7) is 5.02. The van der Waals surface area contributed by atoms with Crippen LogP contribution in [0.5, 0.6) is 0 Å². The SMILES string of the molecule is CCNc1nc2c(Br)ccc(Br)c2cc1C. The first-order valence-corrected chi connectivity index (χ1v) is 6.71. The number of halogens is 2. The second kappa shape index (κ2) is 4.72. The van der Waals surface area contributed by atoms with Crippen LogP contribution in [0.1, 0.15) is 12.5 Å². The minimum absolute atomic E-state index is 0.880. The number of nitrogens with zero attached hydrogens (tertiary/aromatic N) is 1. The molecule has 0 radical (unpaired) electrons. The summed E-state index contributed by atoms with van der Waals surface area (Å²) < 4.78 is 2.09. The molecule has 0 bridgehead atoms. The van der Waals surface area contributed by atoms with E-state index in [9.17, 15) is 0 Å². The second-order valence-corrected chi connectivity index (χ2v) is 5.32. The predicted molar refractivity (Wildman–Crippen MR) is 76.0 cm³/mol. The van der Waals surface area contributed by atoms with Gasteiger partial charge in [-0.15, -0.1) is 0 Å². The summed E-state index contributed by atoms with van der Waals surface area (Å²) >= 11 is 7.08. The van der Waals surface area contributed by atoms with Crippen LogP contribution >= 0.6 is 31.9 Å². The van der Waals surface area contributed by atoms with Gasteiger partial charge in [0.05, 0.1) is 5.52 Å². The maximum Gasteiger partial charge on any atom is 0.129 e. The summed E-state index contributed by atoms with van der Waals surface area (Å²) in [5.41, 5.74) is 2.14. The molecule has 1 heterocycles. The van der Waals surface area contributed by atoms with E-state index in [0.717, 1.165) is 37.8 Å². The Morgan fingerprint density at radius 2 is 1.94 bits per heavy atom. The molecule has 0 amide bonds. The molecule has 2 rings (SSSR count). The normalized spacial score (nSPS) is 10.8. The molecule has 0 spiro atoms. The minimum atomic E-state index is 0.880. The number of aromatic nitrogens is 1. The summed E-state index contributed by atoms with van der Waals surface area (Å²) in [5, 5.41) is 4.40. The van der Waals surface area contributed by atoms with Crippen molar-refractivity contribution >= 4 is 48.6 Å². The van der Waals surface area contributed by atoms with E-state index >= 15 is 0 Å². The van der Waals surface area contributed by atoms with Crippen molar-refractivity contribution in [1.82, 2.24) is 4.98 Å². The first-order chi connectivity index (χ1) is 7.63.